The van der Waals surface area contributed by atoms with Crippen LogP contribution in [0.15, 0.2) is 42.4 Å². The SMILES string of the molecule is CC[C@H](/C=C/B1OC(C)(C)C(C)(C)O1)[C@@H](O)c1ccccc1. The smallest absolute Gasteiger partial charge is 0.400 e. The van der Waals surface area contributed by atoms with Crippen LogP contribution >= 0.6 is 0 Å². The van der Waals surface area contributed by atoms with Crippen LogP contribution in [0.4, 0.5) is 0 Å². The molecule has 2 rings (SSSR count). The van der Waals surface area contributed by atoms with Crippen molar-refractivity contribution in [2.45, 2.75) is 58.3 Å². The number of hydrogen-bond acceptors (Lipinski definition) is 3. The molecule has 1 fully saturated rings. The average molecular weight is 302 g/mol. The first-order valence-corrected chi connectivity index (χ1v) is 8.04. The normalized spacial score (nSPS) is 22.9. The highest BCUT2D eigenvalue weighted by Crippen LogP contribution is 2.37. The molecular formula is C18H27BO3. The Morgan fingerprint density at radius 2 is 1.64 bits per heavy atom. The Balaban J connectivity index is 2.05. The van der Waals surface area contributed by atoms with Gasteiger partial charge >= 0.3 is 7.12 Å². The summed E-state index contributed by atoms with van der Waals surface area (Å²) in [5, 5.41) is 10.5. The summed E-state index contributed by atoms with van der Waals surface area (Å²) in [6.07, 6.45) is 2.36. The van der Waals surface area contributed by atoms with E-state index in [1.807, 2.05) is 70.1 Å². The molecule has 0 spiro atoms. The van der Waals surface area contributed by atoms with Crippen molar-refractivity contribution in [2.24, 2.45) is 5.92 Å². The predicted octanol–water partition coefficient (Wildman–Crippen LogP) is 3.93. The topological polar surface area (TPSA) is 38.7 Å². The maximum Gasteiger partial charge on any atom is 0.486 e. The van der Waals surface area contributed by atoms with Gasteiger partial charge in [-0.2, -0.15) is 0 Å². The van der Waals surface area contributed by atoms with Crippen LogP contribution < -0.4 is 0 Å². The first-order chi connectivity index (χ1) is 10.3. The molecule has 120 valence electrons. The lowest BCUT2D eigenvalue weighted by molar-refractivity contribution is 0.00578. The average Bonchev–Trinajstić information content (AvgIpc) is 2.68. The third-order valence-corrected chi connectivity index (χ3v) is 4.80. The van der Waals surface area contributed by atoms with Gasteiger partial charge in [-0.15, -0.1) is 0 Å². The van der Waals surface area contributed by atoms with Crippen LogP contribution in [-0.4, -0.2) is 23.4 Å². The summed E-state index contributed by atoms with van der Waals surface area (Å²) in [5.74, 6) is 1.97. The van der Waals surface area contributed by atoms with E-state index < -0.39 is 6.10 Å². The molecule has 2 atom stereocenters. The maximum atomic E-state index is 10.5. The highest BCUT2D eigenvalue weighted by molar-refractivity contribution is 6.51. The first kappa shape index (κ1) is 17.3. The molecule has 4 heteroatoms. The molecular weight excluding hydrogens is 275 g/mol. The number of aliphatic hydroxyl groups excluding tert-OH is 1. The van der Waals surface area contributed by atoms with Crippen molar-refractivity contribution >= 4 is 7.12 Å². The molecule has 0 unspecified atom stereocenters. The summed E-state index contributed by atoms with van der Waals surface area (Å²) < 4.78 is 11.9. The molecule has 0 radical (unpaired) electrons. The minimum absolute atomic E-state index is 0.0430. The van der Waals surface area contributed by atoms with Gasteiger partial charge in [-0.3, -0.25) is 0 Å². The lowest BCUT2D eigenvalue weighted by atomic mass is 9.85. The van der Waals surface area contributed by atoms with E-state index >= 15 is 0 Å². The third kappa shape index (κ3) is 3.62. The van der Waals surface area contributed by atoms with Crippen molar-refractivity contribution in [1.82, 2.24) is 0 Å². The molecule has 0 bridgehead atoms. The molecule has 0 saturated carbocycles. The Kier molecular flexibility index (Phi) is 5.16. The van der Waals surface area contributed by atoms with Gasteiger partial charge < -0.3 is 14.4 Å². The van der Waals surface area contributed by atoms with Gasteiger partial charge in [0.15, 0.2) is 0 Å². The van der Waals surface area contributed by atoms with Crippen molar-refractivity contribution in [3.05, 3.63) is 47.9 Å². The van der Waals surface area contributed by atoms with Crippen molar-refractivity contribution < 1.29 is 14.4 Å². The highest BCUT2D eigenvalue weighted by atomic mass is 16.7. The molecule has 1 aromatic rings. The molecule has 3 nitrogen and oxygen atoms in total. The Hall–Kier alpha value is -1.10. The van der Waals surface area contributed by atoms with Crippen LogP contribution in [0.25, 0.3) is 0 Å². The molecule has 1 saturated heterocycles. The Morgan fingerprint density at radius 3 is 2.14 bits per heavy atom. The van der Waals surface area contributed by atoms with Gasteiger partial charge in [0.2, 0.25) is 0 Å². The van der Waals surface area contributed by atoms with Crippen LogP contribution in [0.3, 0.4) is 0 Å². The van der Waals surface area contributed by atoms with Gasteiger partial charge in [0.05, 0.1) is 17.3 Å². The van der Waals surface area contributed by atoms with Crippen LogP contribution in [0.5, 0.6) is 0 Å². The van der Waals surface area contributed by atoms with Crippen molar-refractivity contribution in [2.75, 3.05) is 0 Å². The number of hydrogen-bond donors (Lipinski definition) is 1. The van der Waals surface area contributed by atoms with Crippen LogP contribution in [-0.2, 0) is 9.31 Å². The molecule has 1 aromatic carbocycles. The van der Waals surface area contributed by atoms with E-state index in [2.05, 4.69) is 6.92 Å². The van der Waals surface area contributed by atoms with Crippen LogP contribution in [0.2, 0.25) is 0 Å². The van der Waals surface area contributed by atoms with Crippen molar-refractivity contribution in [3.8, 4) is 0 Å². The standard InChI is InChI=1S/C18H27BO3/c1-6-14(16(20)15-10-8-7-9-11-15)12-13-19-21-17(2,3)18(4,5)22-19/h7-14,16,20H,6H2,1-5H3/b13-12+/t14-,16-/m1/s1. The monoisotopic (exact) mass is 302 g/mol. The minimum atomic E-state index is -0.509. The zero-order valence-corrected chi connectivity index (χ0v) is 14.2. The first-order valence-electron chi connectivity index (χ1n) is 8.04. The molecule has 0 amide bonds. The second-order valence-electron chi connectivity index (χ2n) is 6.94. The summed E-state index contributed by atoms with van der Waals surface area (Å²) in [6, 6.07) is 9.76. The Bertz CT molecular complexity index is 494. The fourth-order valence-corrected chi connectivity index (χ4v) is 2.56. The zero-order valence-electron chi connectivity index (χ0n) is 14.2. The van der Waals surface area contributed by atoms with Gasteiger partial charge in [-0.05, 0) is 39.7 Å². The van der Waals surface area contributed by atoms with Gasteiger partial charge in [0.1, 0.15) is 0 Å². The van der Waals surface area contributed by atoms with Crippen LogP contribution in [0.1, 0.15) is 52.7 Å². The molecule has 1 aliphatic heterocycles. The highest BCUT2D eigenvalue weighted by Gasteiger charge is 2.50. The maximum absolute atomic E-state index is 10.5. The second kappa shape index (κ2) is 6.57. The lowest BCUT2D eigenvalue weighted by Crippen LogP contribution is -2.41. The molecule has 1 aliphatic rings. The number of rotatable bonds is 5. The summed E-state index contributed by atoms with van der Waals surface area (Å²) in [6.45, 7) is 10.2. The summed E-state index contributed by atoms with van der Waals surface area (Å²) >= 11 is 0. The lowest BCUT2D eigenvalue weighted by Gasteiger charge is -2.32. The van der Waals surface area contributed by atoms with E-state index in [9.17, 15) is 5.11 Å². The number of aliphatic hydroxyl groups is 1. The van der Waals surface area contributed by atoms with E-state index in [1.165, 1.54) is 0 Å². The molecule has 1 N–H and O–H groups in total. The minimum Gasteiger partial charge on any atom is -0.400 e. The van der Waals surface area contributed by atoms with E-state index in [0.29, 0.717) is 0 Å². The van der Waals surface area contributed by atoms with E-state index in [-0.39, 0.29) is 24.2 Å². The molecule has 0 aromatic heterocycles. The summed E-state index contributed by atoms with van der Waals surface area (Å²) in [7, 11) is -0.359. The van der Waals surface area contributed by atoms with Crippen molar-refractivity contribution in [1.29, 1.82) is 0 Å². The largest absolute Gasteiger partial charge is 0.486 e. The molecule has 0 aliphatic carbocycles. The summed E-state index contributed by atoms with van der Waals surface area (Å²) in [4.78, 5) is 0. The fourth-order valence-electron chi connectivity index (χ4n) is 2.56. The predicted molar refractivity (Wildman–Crippen MR) is 90.4 cm³/mol. The van der Waals surface area contributed by atoms with E-state index in [0.717, 1.165) is 12.0 Å². The van der Waals surface area contributed by atoms with Gasteiger partial charge in [0, 0.05) is 5.92 Å². The van der Waals surface area contributed by atoms with Crippen LogP contribution in [0, 0.1) is 5.92 Å². The quantitative estimate of drug-likeness (QED) is 0.837. The zero-order chi connectivity index (χ0) is 16.4. The van der Waals surface area contributed by atoms with Gasteiger partial charge in [0.25, 0.3) is 0 Å². The van der Waals surface area contributed by atoms with Crippen molar-refractivity contribution in [3.63, 3.8) is 0 Å². The summed E-state index contributed by atoms with van der Waals surface area (Å²) in [5.41, 5.74) is 0.275. The molecule has 22 heavy (non-hydrogen) atoms. The van der Waals surface area contributed by atoms with Gasteiger partial charge in [-0.1, -0.05) is 49.3 Å². The van der Waals surface area contributed by atoms with Gasteiger partial charge in [-0.25, -0.2) is 0 Å². The van der Waals surface area contributed by atoms with E-state index in [4.69, 9.17) is 9.31 Å². The fraction of sp³-hybridized carbons (Fsp3) is 0.556. The number of benzene rings is 1. The van der Waals surface area contributed by atoms with E-state index in [1.54, 1.807) is 0 Å². The third-order valence-electron chi connectivity index (χ3n) is 4.80. The second-order valence-corrected chi connectivity index (χ2v) is 6.94. The Morgan fingerprint density at radius 1 is 1.09 bits per heavy atom. The Labute approximate surface area is 134 Å². The molecule has 1 heterocycles.